The molecule has 2 aromatic heterocycles. The van der Waals surface area contributed by atoms with Gasteiger partial charge in [-0.25, -0.2) is 0 Å². The first-order valence-electron chi connectivity index (χ1n) is 8.88. The molecule has 0 aliphatic rings. The summed E-state index contributed by atoms with van der Waals surface area (Å²) in [5.41, 5.74) is 4.58. The normalized spacial score (nSPS) is 11.9. The molecule has 0 fully saturated rings. The van der Waals surface area contributed by atoms with Gasteiger partial charge in [0.1, 0.15) is 5.01 Å². The highest BCUT2D eigenvalue weighted by Crippen LogP contribution is 2.28. The topological polar surface area (TPSA) is 50.7 Å². The van der Waals surface area contributed by atoms with Crippen molar-refractivity contribution in [1.29, 1.82) is 0 Å². The van der Waals surface area contributed by atoms with Gasteiger partial charge >= 0.3 is 0 Å². The molecule has 1 atom stereocenters. The number of nitrogens with one attached hydrogen (secondary N) is 1. The lowest BCUT2D eigenvalue weighted by atomic mass is 10.0. The van der Waals surface area contributed by atoms with Gasteiger partial charge in [-0.1, -0.05) is 77.6 Å². The van der Waals surface area contributed by atoms with Crippen LogP contribution >= 0.6 is 11.3 Å². The maximum Gasteiger partial charge on any atom is 0.206 e. The third kappa shape index (κ3) is 4.38. The second kappa shape index (κ2) is 8.10. The van der Waals surface area contributed by atoms with E-state index >= 15 is 0 Å². The number of anilines is 1. The van der Waals surface area contributed by atoms with E-state index in [0.717, 1.165) is 27.8 Å². The molecule has 134 valence electrons. The molecule has 1 unspecified atom stereocenters. The highest BCUT2D eigenvalue weighted by molar-refractivity contribution is 7.15. The maximum absolute atomic E-state index is 4.55. The van der Waals surface area contributed by atoms with Crippen molar-refractivity contribution in [3.8, 4) is 0 Å². The van der Waals surface area contributed by atoms with E-state index in [1.165, 1.54) is 11.1 Å². The Morgan fingerprint density at radius 3 is 2.56 bits per heavy atom. The number of hydrogen-bond acceptors (Lipinski definition) is 5. The Bertz CT molecular complexity index is 999. The summed E-state index contributed by atoms with van der Waals surface area (Å²) in [6.45, 7) is 2.10. The minimum Gasteiger partial charge on any atom is -0.348 e. The summed E-state index contributed by atoms with van der Waals surface area (Å²) in [6, 6.07) is 24.7. The molecule has 0 aliphatic heterocycles. The van der Waals surface area contributed by atoms with Crippen molar-refractivity contribution in [2.75, 3.05) is 5.32 Å². The van der Waals surface area contributed by atoms with Crippen LogP contribution in [0.4, 0.5) is 5.13 Å². The molecule has 0 bridgehead atoms. The van der Waals surface area contributed by atoms with Crippen molar-refractivity contribution in [1.82, 2.24) is 15.2 Å². The summed E-state index contributed by atoms with van der Waals surface area (Å²) < 4.78 is 0. The fourth-order valence-corrected chi connectivity index (χ4v) is 3.80. The summed E-state index contributed by atoms with van der Waals surface area (Å²) in [6.07, 6.45) is 2.61. The van der Waals surface area contributed by atoms with Gasteiger partial charge in [0, 0.05) is 12.6 Å². The van der Waals surface area contributed by atoms with Crippen LogP contribution in [0.1, 0.15) is 33.4 Å². The number of rotatable bonds is 6. The predicted molar refractivity (Wildman–Crippen MR) is 110 cm³/mol. The van der Waals surface area contributed by atoms with Gasteiger partial charge in [0.15, 0.2) is 0 Å². The third-order valence-electron chi connectivity index (χ3n) is 4.29. The van der Waals surface area contributed by atoms with Crippen LogP contribution in [0.2, 0.25) is 0 Å². The molecule has 2 heterocycles. The van der Waals surface area contributed by atoms with Gasteiger partial charge in [-0.3, -0.25) is 4.98 Å². The Morgan fingerprint density at radius 2 is 1.78 bits per heavy atom. The van der Waals surface area contributed by atoms with Crippen LogP contribution in [0.15, 0.2) is 79.0 Å². The van der Waals surface area contributed by atoms with Gasteiger partial charge in [0.25, 0.3) is 0 Å². The molecule has 0 aliphatic carbocycles. The Labute approximate surface area is 163 Å². The van der Waals surface area contributed by atoms with Crippen LogP contribution in [-0.2, 0) is 6.42 Å². The van der Waals surface area contributed by atoms with Gasteiger partial charge in [0.2, 0.25) is 5.13 Å². The molecule has 0 radical (unpaired) electrons. The summed E-state index contributed by atoms with van der Waals surface area (Å²) >= 11 is 1.59. The molecule has 4 rings (SSSR count). The van der Waals surface area contributed by atoms with Crippen molar-refractivity contribution in [3.63, 3.8) is 0 Å². The van der Waals surface area contributed by atoms with Crippen molar-refractivity contribution < 1.29 is 0 Å². The van der Waals surface area contributed by atoms with E-state index in [1.807, 2.05) is 42.6 Å². The first-order chi connectivity index (χ1) is 13.3. The van der Waals surface area contributed by atoms with Crippen LogP contribution < -0.4 is 5.32 Å². The van der Waals surface area contributed by atoms with E-state index in [2.05, 4.69) is 63.8 Å². The van der Waals surface area contributed by atoms with Crippen molar-refractivity contribution in [3.05, 3.63) is 106 Å². The number of pyridine rings is 1. The van der Waals surface area contributed by atoms with E-state index in [4.69, 9.17) is 0 Å². The summed E-state index contributed by atoms with van der Waals surface area (Å²) in [5.74, 6) is 0. The third-order valence-corrected chi connectivity index (χ3v) is 5.15. The first kappa shape index (κ1) is 17.4. The fourth-order valence-electron chi connectivity index (χ4n) is 3.00. The zero-order valence-electron chi connectivity index (χ0n) is 15.0. The van der Waals surface area contributed by atoms with E-state index in [1.54, 1.807) is 11.3 Å². The maximum atomic E-state index is 4.55. The van der Waals surface area contributed by atoms with E-state index < -0.39 is 0 Å². The quantitative estimate of drug-likeness (QED) is 0.515. The second-order valence-corrected chi connectivity index (χ2v) is 7.47. The molecule has 27 heavy (non-hydrogen) atoms. The molecule has 0 spiro atoms. The largest absolute Gasteiger partial charge is 0.348 e. The molecule has 0 saturated carbocycles. The number of aryl methyl sites for hydroxylation is 1. The van der Waals surface area contributed by atoms with Gasteiger partial charge in [-0.2, -0.15) is 0 Å². The minimum absolute atomic E-state index is 0.0661. The van der Waals surface area contributed by atoms with E-state index in [-0.39, 0.29) is 6.04 Å². The second-order valence-electron chi connectivity index (χ2n) is 6.41. The molecule has 0 saturated heterocycles. The Kier molecular flexibility index (Phi) is 5.21. The number of aromatic nitrogens is 3. The SMILES string of the molecule is Cc1cccc(C(Nc2nnc(Cc3ccccc3)s2)c2ccccn2)c1. The van der Waals surface area contributed by atoms with Crippen molar-refractivity contribution >= 4 is 16.5 Å². The number of nitrogens with zero attached hydrogens (tertiary/aromatic N) is 3. The fraction of sp³-hybridized carbons (Fsp3) is 0.136. The van der Waals surface area contributed by atoms with Crippen LogP contribution in [0.25, 0.3) is 0 Å². The van der Waals surface area contributed by atoms with E-state index in [0.29, 0.717) is 0 Å². The zero-order valence-corrected chi connectivity index (χ0v) is 15.9. The predicted octanol–water partition coefficient (Wildman–Crippen LogP) is 5.03. The lowest BCUT2D eigenvalue weighted by Crippen LogP contribution is -2.13. The summed E-state index contributed by atoms with van der Waals surface area (Å²) in [5, 5.41) is 14.0. The van der Waals surface area contributed by atoms with Crippen LogP contribution in [0.3, 0.4) is 0 Å². The Balaban J connectivity index is 1.59. The smallest absolute Gasteiger partial charge is 0.206 e. The summed E-state index contributed by atoms with van der Waals surface area (Å²) in [7, 11) is 0. The molecule has 5 heteroatoms. The number of benzene rings is 2. The molecular formula is C22H20N4S. The average Bonchev–Trinajstić information content (AvgIpc) is 3.14. The van der Waals surface area contributed by atoms with Gasteiger partial charge < -0.3 is 5.32 Å². The van der Waals surface area contributed by atoms with Crippen molar-refractivity contribution in [2.45, 2.75) is 19.4 Å². The molecule has 2 aromatic carbocycles. The number of hydrogen-bond donors (Lipinski definition) is 1. The monoisotopic (exact) mass is 372 g/mol. The zero-order chi connectivity index (χ0) is 18.5. The highest BCUT2D eigenvalue weighted by Gasteiger charge is 2.17. The van der Waals surface area contributed by atoms with Gasteiger partial charge in [-0.15, -0.1) is 10.2 Å². The molecule has 4 nitrogen and oxygen atoms in total. The minimum atomic E-state index is -0.0661. The van der Waals surface area contributed by atoms with Crippen molar-refractivity contribution in [2.24, 2.45) is 0 Å². The highest BCUT2D eigenvalue weighted by atomic mass is 32.1. The van der Waals surface area contributed by atoms with Crippen LogP contribution in [-0.4, -0.2) is 15.2 Å². The van der Waals surface area contributed by atoms with Crippen LogP contribution in [0, 0.1) is 6.92 Å². The molecular weight excluding hydrogens is 352 g/mol. The molecule has 4 aromatic rings. The first-order valence-corrected chi connectivity index (χ1v) is 9.70. The standard InChI is InChI=1S/C22H20N4S/c1-16-8-7-11-18(14-16)21(19-12-5-6-13-23-19)24-22-26-25-20(27-22)15-17-9-3-2-4-10-17/h2-14,21H,15H2,1H3,(H,24,26). The molecule has 1 N–H and O–H groups in total. The average molecular weight is 372 g/mol. The van der Waals surface area contributed by atoms with Gasteiger partial charge in [-0.05, 0) is 30.2 Å². The summed E-state index contributed by atoms with van der Waals surface area (Å²) in [4.78, 5) is 4.55. The Morgan fingerprint density at radius 1 is 0.926 bits per heavy atom. The Hall–Kier alpha value is -3.05. The van der Waals surface area contributed by atoms with E-state index in [9.17, 15) is 0 Å². The lowest BCUT2D eigenvalue weighted by Gasteiger charge is -2.18. The molecule has 0 amide bonds. The van der Waals surface area contributed by atoms with Gasteiger partial charge in [0.05, 0.1) is 11.7 Å². The van der Waals surface area contributed by atoms with Crippen LogP contribution in [0.5, 0.6) is 0 Å². The lowest BCUT2D eigenvalue weighted by molar-refractivity contribution is 0.873.